The second kappa shape index (κ2) is 13.0. The van der Waals surface area contributed by atoms with Crippen molar-refractivity contribution in [3.8, 4) is 22.7 Å². The molecule has 3 aromatic carbocycles. The fraction of sp³-hybridized carbons (Fsp3) is 0.333. The molecule has 0 aliphatic carbocycles. The second-order valence-electron chi connectivity index (χ2n) is 11.9. The Balaban J connectivity index is 1.37. The predicted octanol–water partition coefficient (Wildman–Crippen LogP) is 7.84. The average molecular weight is 597 g/mol. The smallest absolute Gasteiger partial charge is 0.321 e. The van der Waals surface area contributed by atoms with E-state index in [0.717, 1.165) is 22.4 Å². The van der Waals surface area contributed by atoms with Crippen LogP contribution in [0, 0.1) is 12.7 Å². The van der Waals surface area contributed by atoms with Gasteiger partial charge in [-0.15, -0.1) is 0 Å². The topological polar surface area (TPSA) is 66.8 Å². The molecule has 7 nitrogen and oxygen atoms in total. The molecular formula is C36H41FN4O3. The molecule has 0 radical (unpaired) electrons. The van der Waals surface area contributed by atoms with Crippen molar-refractivity contribution in [2.45, 2.75) is 46.5 Å². The van der Waals surface area contributed by atoms with E-state index in [0.29, 0.717) is 54.6 Å². The minimum atomic E-state index is -0.376. The molecule has 3 amide bonds. The molecule has 44 heavy (non-hydrogen) atoms. The molecule has 4 aromatic rings. The first-order valence-corrected chi connectivity index (χ1v) is 15.2. The first-order valence-electron chi connectivity index (χ1n) is 15.2. The van der Waals surface area contributed by atoms with Crippen LogP contribution in [-0.2, 0) is 0 Å². The molecule has 1 aliphatic heterocycles. The van der Waals surface area contributed by atoms with Crippen LogP contribution < -0.4 is 10.1 Å². The van der Waals surface area contributed by atoms with Gasteiger partial charge in [0.2, 0.25) is 0 Å². The average Bonchev–Trinajstić information content (AvgIpc) is 3.37. The van der Waals surface area contributed by atoms with Gasteiger partial charge in [0.15, 0.2) is 0 Å². The lowest BCUT2D eigenvalue weighted by Crippen LogP contribution is -2.51. The van der Waals surface area contributed by atoms with E-state index < -0.39 is 0 Å². The Morgan fingerprint density at radius 1 is 0.818 bits per heavy atom. The van der Waals surface area contributed by atoms with Crippen LogP contribution in [0.2, 0.25) is 0 Å². The number of rotatable bonds is 7. The number of hydrogen-bond donors (Lipinski definition) is 1. The maximum atomic E-state index is 15.1. The number of nitrogens with one attached hydrogen (secondary N) is 1. The summed E-state index contributed by atoms with van der Waals surface area (Å²) in [5.41, 5.74) is 6.18. The molecule has 0 atom stereocenters. The predicted molar refractivity (Wildman–Crippen MR) is 174 cm³/mol. The SMILES string of the molecule is COc1ccc(-c2cc(C(=O)N3CCN(C(=O)Nc4c(C(C)C)cccc4C(C)C)CC3)c(C)n2-c2ccccc2F)cc1. The standard InChI is InChI=1S/C36H41FN4O3/c1-23(2)28-10-9-11-29(24(3)4)34(28)38-36(43)40-20-18-39(19-21-40)35(42)30-22-33(26-14-16-27(44-6)17-15-26)41(25(30)5)32-13-8-7-12-31(32)37/h7-17,22-24H,18-21H2,1-6H3,(H,38,43). The van der Waals surface area contributed by atoms with Crippen LogP contribution in [0.25, 0.3) is 16.9 Å². The van der Waals surface area contributed by atoms with Gasteiger partial charge in [0.1, 0.15) is 11.6 Å². The van der Waals surface area contributed by atoms with Crippen molar-refractivity contribution in [1.82, 2.24) is 14.4 Å². The number of methoxy groups -OCH3 is 1. The second-order valence-corrected chi connectivity index (χ2v) is 11.9. The third-order valence-electron chi connectivity index (χ3n) is 8.42. The number of nitrogens with zero attached hydrogens (tertiary/aromatic N) is 3. The number of piperazine rings is 1. The molecule has 1 aromatic heterocycles. The van der Waals surface area contributed by atoms with Crippen molar-refractivity contribution in [2.24, 2.45) is 0 Å². The molecule has 230 valence electrons. The van der Waals surface area contributed by atoms with Crippen molar-refractivity contribution in [2.75, 3.05) is 38.6 Å². The normalized spacial score (nSPS) is 13.5. The lowest BCUT2D eigenvalue weighted by atomic mass is 9.93. The first kappa shape index (κ1) is 30.9. The summed E-state index contributed by atoms with van der Waals surface area (Å²) in [5.74, 6) is 0.724. The molecule has 0 unspecified atom stereocenters. The van der Waals surface area contributed by atoms with Gasteiger partial charge in [0.05, 0.1) is 24.1 Å². The number of urea groups is 1. The fourth-order valence-corrected chi connectivity index (χ4v) is 5.91. The Labute approximate surface area is 259 Å². The van der Waals surface area contributed by atoms with Crippen molar-refractivity contribution in [3.05, 3.63) is 101 Å². The minimum absolute atomic E-state index is 0.139. The molecule has 1 aliphatic rings. The highest BCUT2D eigenvalue weighted by Gasteiger charge is 2.29. The van der Waals surface area contributed by atoms with E-state index >= 15 is 4.39 Å². The molecule has 1 N–H and O–H groups in total. The number of benzene rings is 3. The maximum absolute atomic E-state index is 15.1. The molecule has 0 bridgehead atoms. The Bertz CT molecular complexity index is 1620. The number of amides is 3. The Morgan fingerprint density at radius 3 is 1.98 bits per heavy atom. The molecule has 2 heterocycles. The zero-order valence-corrected chi connectivity index (χ0v) is 26.4. The van der Waals surface area contributed by atoms with Crippen molar-refractivity contribution >= 4 is 17.6 Å². The summed E-state index contributed by atoms with van der Waals surface area (Å²) in [4.78, 5) is 30.9. The summed E-state index contributed by atoms with van der Waals surface area (Å²) in [6, 6.07) is 21.9. The molecule has 0 spiro atoms. The van der Waals surface area contributed by atoms with Crippen LogP contribution in [-0.4, -0.2) is 59.6 Å². The third-order valence-corrected chi connectivity index (χ3v) is 8.42. The third kappa shape index (κ3) is 6.07. The quantitative estimate of drug-likeness (QED) is 0.236. The monoisotopic (exact) mass is 596 g/mol. The minimum Gasteiger partial charge on any atom is -0.497 e. The summed E-state index contributed by atoms with van der Waals surface area (Å²) in [5, 5.41) is 3.19. The maximum Gasteiger partial charge on any atom is 0.321 e. The van der Waals surface area contributed by atoms with E-state index in [1.165, 1.54) is 6.07 Å². The number of anilines is 1. The molecule has 1 fully saturated rings. The van der Waals surface area contributed by atoms with Gasteiger partial charge in [-0.1, -0.05) is 58.0 Å². The lowest BCUT2D eigenvalue weighted by Gasteiger charge is -2.35. The van der Waals surface area contributed by atoms with E-state index in [2.05, 4.69) is 45.1 Å². The summed E-state index contributed by atoms with van der Waals surface area (Å²) in [6.07, 6.45) is 0. The van der Waals surface area contributed by atoms with Gasteiger partial charge in [-0.3, -0.25) is 4.79 Å². The number of ether oxygens (including phenoxy) is 1. The summed E-state index contributed by atoms with van der Waals surface area (Å²) >= 11 is 0. The number of aromatic nitrogens is 1. The number of halogens is 1. The van der Waals surface area contributed by atoms with Gasteiger partial charge in [-0.05, 0) is 77.9 Å². The fourth-order valence-electron chi connectivity index (χ4n) is 5.91. The number of hydrogen-bond acceptors (Lipinski definition) is 3. The lowest BCUT2D eigenvalue weighted by molar-refractivity contribution is 0.0671. The highest BCUT2D eigenvalue weighted by atomic mass is 19.1. The largest absolute Gasteiger partial charge is 0.497 e. The highest BCUT2D eigenvalue weighted by Crippen LogP contribution is 2.34. The van der Waals surface area contributed by atoms with Gasteiger partial charge < -0.3 is 24.4 Å². The van der Waals surface area contributed by atoms with Crippen LogP contribution in [0.3, 0.4) is 0 Å². The van der Waals surface area contributed by atoms with Gasteiger partial charge in [0, 0.05) is 37.6 Å². The van der Waals surface area contributed by atoms with E-state index in [-0.39, 0.29) is 29.6 Å². The Kier molecular flexibility index (Phi) is 9.09. The molecule has 5 rings (SSSR count). The van der Waals surface area contributed by atoms with Gasteiger partial charge in [-0.2, -0.15) is 0 Å². The summed E-state index contributed by atoms with van der Waals surface area (Å²) < 4.78 is 22.2. The molecule has 1 saturated heterocycles. The van der Waals surface area contributed by atoms with Crippen LogP contribution in [0.15, 0.2) is 72.8 Å². The van der Waals surface area contributed by atoms with Gasteiger partial charge >= 0.3 is 6.03 Å². The van der Waals surface area contributed by atoms with Gasteiger partial charge in [0.25, 0.3) is 5.91 Å². The summed E-state index contributed by atoms with van der Waals surface area (Å²) in [6.45, 7) is 12.0. The van der Waals surface area contributed by atoms with E-state index in [1.54, 1.807) is 39.7 Å². The molecule has 8 heteroatoms. The van der Waals surface area contributed by atoms with Gasteiger partial charge in [-0.25, -0.2) is 9.18 Å². The van der Waals surface area contributed by atoms with Crippen LogP contribution in [0.5, 0.6) is 5.75 Å². The first-order chi connectivity index (χ1) is 21.1. The Hall–Kier alpha value is -4.59. The van der Waals surface area contributed by atoms with Crippen LogP contribution >= 0.6 is 0 Å². The van der Waals surface area contributed by atoms with Crippen molar-refractivity contribution in [3.63, 3.8) is 0 Å². The van der Waals surface area contributed by atoms with Crippen LogP contribution in [0.4, 0.5) is 14.9 Å². The molecular weight excluding hydrogens is 555 g/mol. The number of para-hydroxylation sites is 2. The van der Waals surface area contributed by atoms with E-state index in [1.807, 2.05) is 43.3 Å². The zero-order chi connectivity index (χ0) is 31.5. The van der Waals surface area contributed by atoms with Crippen LogP contribution in [0.1, 0.15) is 66.7 Å². The highest BCUT2D eigenvalue weighted by molar-refractivity contribution is 5.98. The van der Waals surface area contributed by atoms with E-state index in [9.17, 15) is 9.59 Å². The van der Waals surface area contributed by atoms with E-state index in [4.69, 9.17) is 4.74 Å². The van der Waals surface area contributed by atoms with Crippen molar-refractivity contribution in [1.29, 1.82) is 0 Å². The molecule has 0 saturated carbocycles. The summed E-state index contributed by atoms with van der Waals surface area (Å²) in [7, 11) is 1.61. The Morgan fingerprint density at radius 2 is 1.41 bits per heavy atom. The van der Waals surface area contributed by atoms with Crippen molar-refractivity contribution < 1.29 is 18.7 Å². The number of carbonyl (C=O) groups excluding carboxylic acids is 2. The number of carbonyl (C=O) groups is 2. The zero-order valence-electron chi connectivity index (χ0n) is 26.4.